The molecular formula is C8H22AsNSi. The predicted molar refractivity (Wildman–Crippen MR) is 58.3 cm³/mol. The molecule has 0 saturated heterocycles. The SMILES string of the molecule is CN(C)CC[Si](C)(C)[As](C)C. The summed E-state index contributed by atoms with van der Waals surface area (Å²) in [6.07, 6.45) is 0. The minimum absolute atomic E-state index is 0.389. The van der Waals surface area contributed by atoms with Gasteiger partial charge in [0.1, 0.15) is 0 Å². The van der Waals surface area contributed by atoms with Crippen LogP contribution in [-0.2, 0) is 0 Å². The maximum atomic E-state index is 2.55. The number of rotatable bonds is 4. The van der Waals surface area contributed by atoms with Gasteiger partial charge in [-0.3, -0.25) is 0 Å². The van der Waals surface area contributed by atoms with Crippen molar-refractivity contribution in [2.45, 2.75) is 30.6 Å². The van der Waals surface area contributed by atoms with Gasteiger partial charge in [0.25, 0.3) is 0 Å². The van der Waals surface area contributed by atoms with Crippen LogP contribution < -0.4 is 0 Å². The Balaban J connectivity index is 3.73. The summed E-state index contributed by atoms with van der Waals surface area (Å²) in [5.74, 6) is 0. The van der Waals surface area contributed by atoms with Gasteiger partial charge in [-0.05, 0) is 0 Å². The molecule has 1 nitrogen and oxygen atoms in total. The van der Waals surface area contributed by atoms with E-state index in [4.69, 9.17) is 0 Å². The van der Waals surface area contributed by atoms with E-state index in [1.165, 1.54) is 12.6 Å². The molecule has 0 spiro atoms. The Labute approximate surface area is 76.8 Å². The molecule has 0 aromatic rings. The van der Waals surface area contributed by atoms with E-state index < -0.39 is 6.54 Å². The summed E-state index contributed by atoms with van der Waals surface area (Å²) in [4.78, 5) is 2.31. The maximum absolute atomic E-state index is 2.55. The van der Waals surface area contributed by atoms with Crippen molar-refractivity contribution in [3.05, 3.63) is 0 Å². The van der Waals surface area contributed by atoms with Crippen LogP contribution in [0.5, 0.6) is 0 Å². The standard InChI is InChI=1S/C8H22AsNSi/c1-9(2)11(5,6)8-7-10(3)4/h7-8H2,1-6H3. The molecule has 0 saturated carbocycles. The average molecular weight is 235 g/mol. The van der Waals surface area contributed by atoms with Gasteiger partial charge in [-0.15, -0.1) is 0 Å². The average Bonchev–Trinajstić information content (AvgIpc) is 1.84. The summed E-state index contributed by atoms with van der Waals surface area (Å²) >= 11 is -0.389. The van der Waals surface area contributed by atoms with E-state index in [2.05, 4.69) is 43.5 Å². The Morgan fingerprint density at radius 3 is 1.91 bits per heavy atom. The van der Waals surface area contributed by atoms with E-state index in [9.17, 15) is 0 Å². The molecule has 0 N–H and O–H groups in total. The third-order valence-corrected chi connectivity index (χ3v) is 22.9. The fourth-order valence-electron chi connectivity index (χ4n) is 0.721. The first-order valence-electron chi connectivity index (χ1n) is 4.18. The van der Waals surface area contributed by atoms with Gasteiger partial charge in [0.2, 0.25) is 0 Å². The molecule has 0 aliphatic heterocycles. The van der Waals surface area contributed by atoms with Crippen LogP contribution >= 0.6 is 0 Å². The van der Waals surface area contributed by atoms with Crippen LogP contribution in [0, 0.1) is 0 Å². The minimum atomic E-state index is -0.739. The van der Waals surface area contributed by atoms with Crippen LogP contribution in [0.25, 0.3) is 0 Å². The molecule has 0 unspecified atom stereocenters. The van der Waals surface area contributed by atoms with Crippen molar-refractivity contribution < 1.29 is 0 Å². The summed E-state index contributed by atoms with van der Waals surface area (Å²) in [5, 5.41) is 0. The van der Waals surface area contributed by atoms with Crippen molar-refractivity contribution >= 4 is 20.5 Å². The second-order valence-electron chi connectivity index (χ2n) is 4.26. The Morgan fingerprint density at radius 1 is 1.18 bits per heavy atom. The molecule has 0 radical (unpaired) electrons. The van der Waals surface area contributed by atoms with Crippen LogP contribution in [0.3, 0.4) is 0 Å². The number of nitrogens with zero attached hydrogens (tertiary/aromatic N) is 1. The van der Waals surface area contributed by atoms with E-state index in [-0.39, 0.29) is 14.0 Å². The molecule has 11 heavy (non-hydrogen) atoms. The first-order chi connectivity index (χ1) is 4.86. The van der Waals surface area contributed by atoms with Gasteiger partial charge < -0.3 is 0 Å². The second-order valence-corrected chi connectivity index (χ2v) is 24.4. The fourth-order valence-corrected chi connectivity index (χ4v) is 5.61. The topological polar surface area (TPSA) is 3.24 Å². The summed E-state index contributed by atoms with van der Waals surface area (Å²) < 4.78 is 0. The summed E-state index contributed by atoms with van der Waals surface area (Å²) in [6, 6.07) is 1.49. The Hall–Kier alpha value is 0.735. The third-order valence-electron chi connectivity index (χ3n) is 2.38. The molecular weight excluding hydrogens is 213 g/mol. The van der Waals surface area contributed by atoms with Gasteiger partial charge in [0, 0.05) is 0 Å². The molecule has 0 atom stereocenters. The number of hydrogen-bond acceptors (Lipinski definition) is 1. The first kappa shape index (κ1) is 11.7. The fraction of sp³-hybridized carbons (Fsp3) is 1.00. The van der Waals surface area contributed by atoms with Crippen molar-refractivity contribution in [1.82, 2.24) is 4.90 Å². The zero-order valence-electron chi connectivity index (χ0n) is 8.81. The molecule has 0 aliphatic rings. The number of hydrogen-bond donors (Lipinski definition) is 0. The van der Waals surface area contributed by atoms with Crippen molar-refractivity contribution in [2.24, 2.45) is 0 Å². The van der Waals surface area contributed by atoms with Crippen molar-refractivity contribution in [2.75, 3.05) is 20.6 Å². The molecule has 0 fully saturated rings. The van der Waals surface area contributed by atoms with Gasteiger partial charge in [0.05, 0.1) is 0 Å². The molecule has 68 valence electrons. The Bertz CT molecular complexity index is 113. The van der Waals surface area contributed by atoms with Crippen LogP contribution in [0.4, 0.5) is 0 Å². The third kappa shape index (κ3) is 5.05. The Kier molecular flexibility index (Phi) is 5.00. The molecule has 0 amide bonds. The van der Waals surface area contributed by atoms with Crippen LogP contribution in [0.15, 0.2) is 0 Å². The second kappa shape index (κ2) is 4.69. The van der Waals surface area contributed by atoms with Crippen LogP contribution in [0.1, 0.15) is 0 Å². The van der Waals surface area contributed by atoms with E-state index in [0.717, 1.165) is 0 Å². The molecule has 0 aromatic heterocycles. The van der Waals surface area contributed by atoms with Crippen molar-refractivity contribution in [3.63, 3.8) is 0 Å². The summed E-state index contributed by atoms with van der Waals surface area (Å²) in [5.41, 5.74) is 5.02. The summed E-state index contributed by atoms with van der Waals surface area (Å²) in [7, 11) is 4.35. The van der Waals surface area contributed by atoms with E-state index in [0.29, 0.717) is 0 Å². The first-order valence-corrected chi connectivity index (χ1v) is 13.9. The zero-order chi connectivity index (χ0) is 9.07. The van der Waals surface area contributed by atoms with Gasteiger partial charge in [-0.2, -0.15) is 0 Å². The zero-order valence-corrected chi connectivity index (χ0v) is 11.7. The van der Waals surface area contributed by atoms with Crippen molar-refractivity contribution in [3.8, 4) is 0 Å². The van der Waals surface area contributed by atoms with Gasteiger partial charge >= 0.3 is 76.6 Å². The predicted octanol–water partition coefficient (Wildman–Crippen LogP) is 2.09. The van der Waals surface area contributed by atoms with Gasteiger partial charge in [-0.1, -0.05) is 0 Å². The molecule has 3 heteroatoms. The molecule has 0 bridgehead atoms. The van der Waals surface area contributed by atoms with Crippen molar-refractivity contribution in [1.29, 1.82) is 0 Å². The van der Waals surface area contributed by atoms with Gasteiger partial charge in [0.15, 0.2) is 0 Å². The monoisotopic (exact) mass is 235 g/mol. The Morgan fingerprint density at radius 2 is 1.64 bits per heavy atom. The molecule has 0 rings (SSSR count). The van der Waals surface area contributed by atoms with Crippen LogP contribution in [-0.4, -0.2) is 46.1 Å². The van der Waals surface area contributed by atoms with E-state index in [1.54, 1.807) is 0 Å². The summed E-state index contributed by atoms with van der Waals surface area (Å²) in [6.45, 7) is 5.66. The quantitative estimate of drug-likeness (QED) is 0.674. The van der Waals surface area contributed by atoms with Gasteiger partial charge in [-0.25, -0.2) is 0 Å². The normalized spacial score (nSPS) is 13.1. The van der Waals surface area contributed by atoms with E-state index in [1.807, 2.05) is 0 Å². The van der Waals surface area contributed by atoms with Crippen LogP contribution in [0.2, 0.25) is 30.6 Å². The van der Waals surface area contributed by atoms with E-state index >= 15 is 0 Å². The molecule has 0 aromatic carbocycles. The molecule has 0 heterocycles. The molecule has 0 aliphatic carbocycles.